The predicted molar refractivity (Wildman–Crippen MR) is 144 cm³/mol. The number of fused-ring (bicyclic) bond motifs is 1. The third-order valence-corrected chi connectivity index (χ3v) is 6.95. The zero-order chi connectivity index (χ0) is 27.5. The minimum Gasteiger partial charge on any atom is -0.494 e. The average molecular weight is 530 g/mol. The van der Waals surface area contributed by atoms with Gasteiger partial charge >= 0.3 is 0 Å². The van der Waals surface area contributed by atoms with Crippen LogP contribution in [0.3, 0.4) is 0 Å². The largest absolute Gasteiger partial charge is 0.494 e. The maximum Gasteiger partial charge on any atom is 0.295 e. The smallest absolute Gasteiger partial charge is 0.295 e. The van der Waals surface area contributed by atoms with Gasteiger partial charge in [0.05, 0.1) is 29.8 Å². The number of unbranched alkanes of at least 4 members (excludes halogenated alkanes) is 1. The van der Waals surface area contributed by atoms with Gasteiger partial charge in [0.1, 0.15) is 17.9 Å². The quantitative estimate of drug-likeness (QED) is 0.255. The summed E-state index contributed by atoms with van der Waals surface area (Å²) in [7, 11) is 1.51. The Kier molecular flexibility index (Phi) is 7.40. The van der Waals surface area contributed by atoms with Gasteiger partial charge in [-0.3, -0.25) is 14.4 Å². The van der Waals surface area contributed by atoms with Crippen molar-refractivity contribution >= 4 is 28.5 Å². The number of aryl methyl sites for hydroxylation is 2. The second-order valence-corrected chi connectivity index (χ2v) is 9.48. The Hall–Kier alpha value is -4.54. The molecule has 1 aliphatic heterocycles. The molecule has 0 bridgehead atoms. The molecule has 202 valence electrons. The number of aromatic nitrogens is 5. The Morgan fingerprint density at radius 2 is 1.72 bits per heavy atom. The second kappa shape index (κ2) is 11.1. The molecule has 1 aliphatic rings. The number of hydrogen-bond acceptors (Lipinski definition) is 7. The fourth-order valence-corrected chi connectivity index (χ4v) is 4.87. The van der Waals surface area contributed by atoms with E-state index in [1.54, 1.807) is 41.2 Å². The summed E-state index contributed by atoms with van der Waals surface area (Å²) in [5.74, 6) is 0.180. The molecule has 0 atom stereocenters. The van der Waals surface area contributed by atoms with Crippen LogP contribution in [0.5, 0.6) is 5.75 Å². The number of benzene rings is 1. The van der Waals surface area contributed by atoms with Crippen LogP contribution in [0.2, 0.25) is 0 Å². The molecule has 0 unspecified atom stereocenters. The number of rotatable bonds is 8. The first-order chi connectivity index (χ1) is 18.9. The van der Waals surface area contributed by atoms with Crippen molar-refractivity contribution in [3.63, 3.8) is 0 Å². The fraction of sp³-hybridized carbons (Fsp3) is 0.357. The normalized spacial score (nSPS) is 13.6. The van der Waals surface area contributed by atoms with Crippen molar-refractivity contribution in [1.82, 2.24) is 34.1 Å². The number of ketones is 1. The van der Waals surface area contributed by atoms with Crippen molar-refractivity contribution in [2.75, 3.05) is 33.3 Å². The lowest BCUT2D eigenvalue weighted by molar-refractivity contribution is -0.127. The number of piperazine rings is 1. The van der Waals surface area contributed by atoms with Gasteiger partial charge in [-0.2, -0.15) is 5.10 Å². The predicted octanol–water partition coefficient (Wildman–Crippen LogP) is 2.90. The summed E-state index contributed by atoms with van der Waals surface area (Å²) in [6.07, 6.45) is 6.64. The highest BCUT2D eigenvalue weighted by atomic mass is 16.5. The number of nitrogens with zero attached hydrogens (tertiary/aromatic N) is 7. The Labute approximate surface area is 226 Å². The summed E-state index contributed by atoms with van der Waals surface area (Å²) < 4.78 is 9.11. The van der Waals surface area contributed by atoms with E-state index in [0.717, 1.165) is 12.8 Å². The summed E-state index contributed by atoms with van der Waals surface area (Å²) in [4.78, 5) is 52.0. The van der Waals surface area contributed by atoms with Gasteiger partial charge in [0.25, 0.3) is 17.6 Å². The number of Topliss-reactive ketones (excluding diaryl/α,β-unsaturated/α-hetero) is 1. The summed E-state index contributed by atoms with van der Waals surface area (Å²) >= 11 is 0. The Morgan fingerprint density at radius 3 is 2.36 bits per heavy atom. The Bertz CT molecular complexity index is 1520. The number of methoxy groups -OCH3 is 1. The summed E-state index contributed by atoms with van der Waals surface area (Å²) in [5, 5.41) is 4.93. The lowest BCUT2D eigenvalue weighted by atomic mass is 10.1. The molecule has 0 spiro atoms. The molecule has 1 aromatic carbocycles. The van der Waals surface area contributed by atoms with Crippen molar-refractivity contribution in [2.24, 2.45) is 0 Å². The molecule has 2 amide bonds. The van der Waals surface area contributed by atoms with E-state index < -0.39 is 11.7 Å². The molecule has 39 heavy (non-hydrogen) atoms. The maximum absolute atomic E-state index is 13.7. The maximum atomic E-state index is 13.7. The van der Waals surface area contributed by atoms with Crippen molar-refractivity contribution in [3.8, 4) is 11.6 Å². The van der Waals surface area contributed by atoms with Gasteiger partial charge in [0.2, 0.25) is 0 Å². The molecule has 4 heterocycles. The van der Waals surface area contributed by atoms with Gasteiger partial charge in [-0.25, -0.2) is 14.6 Å². The van der Waals surface area contributed by atoms with E-state index in [1.807, 2.05) is 22.8 Å². The minimum atomic E-state index is -0.622. The van der Waals surface area contributed by atoms with Crippen LogP contribution in [0.1, 0.15) is 46.3 Å². The first-order valence-corrected chi connectivity index (χ1v) is 13.0. The van der Waals surface area contributed by atoms with Gasteiger partial charge in [-0.1, -0.05) is 31.5 Å². The number of amides is 2. The van der Waals surface area contributed by atoms with Crippen LogP contribution in [-0.4, -0.2) is 85.0 Å². The highest BCUT2D eigenvalue weighted by Crippen LogP contribution is 2.34. The Morgan fingerprint density at radius 1 is 1.00 bits per heavy atom. The number of hydrogen-bond donors (Lipinski definition) is 0. The molecule has 3 aromatic heterocycles. The molecule has 0 saturated carbocycles. The minimum absolute atomic E-state index is 0.0823. The van der Waals surface area contributed by atoms with E-state index in [1.165, 1.54) is 18.2 Å². The highest BCUT2D eigenvalue weighted by molar-refractivity contribution is 6.45. The zero-order valence-electron chi connectivity index (χ0n) is 22.3. The van der Waals surface area contributed by atoms with Gasteiger partial charge < -0.3 is 19.1 Å². The number of carbonyl (C=O) groups excluding carboxylic acids is 3. The molecule has 1 fully saturated rings. The lowest BCUT2D eigenvalue weighted by Crippen LogP contribution is -2.52. The van der Waals surface area contributed by atoms with Crippen LogP contribution in [0.15, 0.2) is 49.1 Å². The van der Waals surface area contributed by atoms with Crippen LogP contribution < -0.4 is 4.74 Å². The van der Waals surface area contributed by atoms with Crippen LogP contribution in [0.4, 0.5) is 0 Å². The molecular weight excluding hydrogens is 498 g/mol. The van der Waals surface area contributed by atoms with Crippen molar-refractivity contribution in [3.05, 3.63) is 66.0 Å². The molecule has 1 saturated heterocycles. The van der Waals surface area contributed by atoms with Gasteiger partial charge in [-0.05, 0) is 25.5 Å². The monoisotopic (exact) mass is 529 g/mol. The third kappa shape index (κ3) is 4.99. The highest BCUT2D eigenvalue weighted by Gasteiger charge is 2.32. The first kappa shape index (κ1) is 26.1. The van der Waals surface area contributed by atoms with Crippen molar-refractivity contribution in [2.45, 2.75) is 33.2 Å². The lowest BCUT2D eigenvalue weighted by Gasteiger charge is -2.34. The van der Waals surface area contributed by atoms with Crippen LogP contribution in [-0.2, 0) is 11.3 Å². The van der Waals surface area contributed by atoms with Gasteiger partial charge in [0.15, 0.2) is 5.82 Å². The fourth-order valence-electron chi connectivity index (χ4n) is 4.87. The molecule has 11 nitrogen and oxygen atoms in total. The molecule has 0 aliphatic carbocycles. The summed E-state index contributed by atoms with van der Waals surface area (Å²) in [6.45, 7) is 5.77. The van der Waals surface area contributed by atoms with Crippen molar-refractivity contribution in [1.29, 1.82) is 0 Å². The molecule has 0 radical (unpaired) electrons. The molecule has 11 heteroatoms. The van der Waals surface area contributed by atoms with E-state index in [2.05, 4.69) is 22.0 Å². The van der Waals surface area contributed by atoms with Crippen LogP contribution >= 0.6 is 0 Å². The van der Waals surface area contributed by atoms with E-state index in [4.69, 9.17) is 4.74 Å². The average Bonchev–Trinajstić information content (AvgIpc) is 3.59. The van der Waals surface area contributed by atoms with E-state index in [-0.39, 0.29) is 24.6 Å². The molecule has 5 rings (SSSR count). The van der Waals surface area contributed by atoms with E-state index in [9.17, 15) is 14.4 Å². The SMILES string of the molecule is CCCCn1cc(C(=O)C(=O)N2CCN(C(=O)c3ccccc3)CC2)c2c(OC)cnc(-n3cnc(C)n3)c21. The number of pyridine rings is 1. The summed E-state index contributed by atoms with van der Waals surface area (Å²) in [6, 6.07) is 9.05. The van der Waals surface area contributed by atoms with E-state index in [0.29, 0.717) is 53.5 Å². The van der Waals surface area contributed by atoms with E-state index >= 15 is 0 Å². The number of carbonyl (C=O) groups is 3. The summed E-state index contributed by atoms with van der Waals surface area (Å²) in [5.41, 5.74) is 1.51. The topological polar surface area (TPSA) is 115 Å². The Balaban J connectivity index is 1.45. The molecular formula is C28H31N7O4. The van der Waals surface area contributed by atoms with Crippen molar-refractivity contribution < 1.29 is 19.1 Å². The zero-order valence-corrected chi connectivity index (χ0v) is 22.3. The van der Waals surface area contributed by atoms with Crippen LogP contribution in [0.25, 0.3) is 16.7 Å². The van der Waals surface area contributed by atoms with Gasteiger partial charge in [0, 0.05) is 44.5 Å². The van der Waals surface area contributed by atoms with Gasteiger partial charge in [-0.15, -0.1) is 0 Å². The number of ether oxygens (including phenoxy) is 1. The standard InChI is InChI=1S/C28H31N7O4/c1-4-5-11-34-17-21(23-22(39-3)16-29-26(24(23)34)35-18-30-19(2)31-35)25(36)28(38)33-14-12-32(13-15-33)27(37)20-9-7-6-8-10-20/h6-10,16-18H,4-5,11-15H2,1-3H3. The molecule has 4 aromatic rings. The third-order valence-electron chi connectivity index (χ3n) is 6.95. The molecule has 0 N–H and O–H groups in total. The van der Waals surface area contributed by atoms with Crippen LogP contribution in [0, 0.1) is 6.92 Å². The first-order valence-electron chi connectivity index (χ1n) is 13.0. The second-order valence-electron chi connectivity index (χ2n) is 9.48.